The molecule has 0 bridgehead atoms. The number of hydrogen-bond acceptors (Lipinski definition) is 3. The topological polar surface area (TPSA) is 51.2 Å². The largest absolute Gasteiger partial charge is 0.298 e. The summed E-state index contributed by atoms with van der Waals surface area (Å²) in [6.07, 6.45) is 1.55. The van der Waals surface area contributed by atoms with Crippen molar-refractivity contribution in [3.63, 3.8) is 0 Å². The Hall–Kier alpha value is -1.23. The fraction of sp³-hybridized carbons (Fsp3) is 0.364. The van der Waals surface area contributed by atoms with E-state index in [0.717, 1.165) is 18.9 Å². The first-order chi connectivity index (χ1) is 7.49. The summed E-state index contributed by atoms with van der Waals surface area (Å²) in [5, 5.41) is 0. The molecular weight excluding hydrogens is 231 g/mol. The van der Waals surface area contributed by atoms with E-state index in [-0.39, 0.29) is 16.6 Å². The molecule has 0 heterocycles. The highest BCUT2D eigenvalue weighted by Gasteiger charge is 2.33. The van der Waals surface area contributed by atoms with Crippen LogP contribution in [0.25, 0.3) is 0 Å². The molecular formula is C11H11FO3S. The summed E-state index contributed by atoms with van der Waals surface area (Å²) in [7, 11) is -3.68. The van der Waals surface area contributed by atoms with Gasteiger partial charge in [-0.3, -0.25) is 4.79 Å². The van der Waals surface area contributed by atoms with Crippen molar-refractivity contribution in [3.8, 4) is 0 Å². The molecule has 0 saturated heterocycles. The third-order valence-corrected chi connectivity index (χ3v) is 4.16. The molecule has 0 unspecified atom stereocenters. The molecule has 2 rings (SSSR count). The van der Waals surface area contributed by atoms with Gasteiger partial charge in [0.25, 0.3) is 0 Å². The lowest BCUT2D eigenvalue weighted by Crippen LogP contribution is -2.17. The van der Waals surface area contributed by atoms with E-state index >= 15 is 0 Å². The van der Waals surface area contributed by atoms with Crippen molar-refractivity contribution in [3.05, 3.63) is 30.1 Å². The van der Waals surface area contributed by atoms with Crippen LogP contribution < -0.4 is 0 Å². The van der Waals surface area contributed by atoms with Crippen LogP contribution in [0.15, 0.2) is 29.2 Å². The smallest absolute Gasteiger partial charge is 0.185 e. The van der Waals surface area contributed by atoms with Gasteiger partial charge in [-0.1, -0.05) is 6.07 Å². The normalized spacial score (nSPS) is 16.1. The summed E-state index contributed by atoms with van der Waals surface area (Å²) in [4.78, 5) is 11.3. The number of halogens is 1. The zero-order valence-corrected chi connectivity index (χ0v) is 9.34. The lowest BCUT2D eigenvalue weighted by Gasteiger charge is -2.03. The van der Waals surface area contributed by atoms with Gasteiger partial charge in [0.05, 0.1) is 4.90 Å². The summed E-state index contributed by atoms with van der Waals surface area (Å²) in [6.45, 7) is 0. The molecule has 0 spiro atoms. The molecule has 3 nitrogen and oxygen atoms in total. The van der Waals surface area contributed by atoms with Gasteiger partial charge >= 0.3 is 0 Å². The number of benzene rings is 1. The Balaban J connectivity index is 2.21. The van der Waals surface area contributed by atoms with Gasteiger partial charge in [0.15, 0.2) is 15.6 Å². The number of rotatable bonds is 4. The van der Waals surface area contributed by atoms with Crippen molar-refractivity contribution in [2.45, 2.75) is 17.7 Å². The maximum absolute atomic E-state index is 12.9. The van der Waals surface area contributed by atoms with Crippen molar-refractivity contribution in [2.24, 2.45) is 5.92 Å². The summed E-state index contributed by atoms with van der Waals surface area (Å²) >= 11 is 0. The molecule has 1 saturated carbocycles. The first-order valence-corrected chi connectivity index (χ1v) is 6.65. The van der Waals surface area contributed by atoms with Gasteiger partial charge < -0.3 is 0 Å². The van der Waals surface area contributed by atoms with Crippen LogP contribution in [-0.4, -0.2) is 20.0 Å². The SMILES string of the molecule is O=C(CS(=O)(=O)c1cccc(F)c1)C1CC1. The molecule has 0 aliphatic heterocycles. The Morgan fingerprint density at radius 3 is 2.62 bits per heavy atom. The molecule has 0 aromatic heterocycles. The first-order valence-electron chi connectivity index (χ1n) is 5.00. The van der Waals surface area contributed by atoms with E-state index < -0.39 is 21.4 Å². The summed E-state index contributed by atoms with van der Waals surface area (Å²) < 4.78 is 36.3. The fourth-order valence-corrected chi connectivity index (χ4v) is 2.81. The van der Waals surface area contributed by atoms with Crippen LogP contribution in [0.3, 0.4) is 0 Å². The molecule has 0 N–H and O–H groups in total. The summed E-state index contributed by atoms with van der Waals surface area (Å²) in [5.74, 6) is -1.48. The number of ketones is 1. The second-order valence-corrected chi connectivity index (χ2v) is 5.95. The molecule has 1 aromatic rings. The Bertz CT molecular complexity index is 518. The highest BCUT2D eigenvalue weighted by molar-refractivity contribution is 7.92. The molecule has 5 heteroatoms. The van der Waals surface area contributed by atoms with Crippen molar-refractivity contribution in [2.75, 3.05) is 5.75 Å². The molecule has 86 valence electrons. The van der Waals surface area contributed by atoms with Gasteiger partial charge in [-0.2, -0.15) is 0 Å². The highest BCUT2D eigenvalue weighted by atomic mass is 32.2. The quantitative estimate of drug-likeness (QED) is 0.805. The highest BCUT2D eigenvalue weighted by Crippen LogP contribution is 2.30. The molecule has 16 heavy (non-hydrogen) atoms. The van der Waals surface area contributed by atoms with E-state index in [1.165, 1.54) is 18.2 Å². The van der Waals surface area contributed by atoms with E-state index in [0.29, 0.717) is 0 Å². The molecule has 1 aliphatic carbocycles. The van der Waals surface area contributed by atoms with Gasteiger partial charge in [0.1, 0.15) is 11.6 Å². The third-order valence-electron chi connectivity index (χ3n) is 2.52. The number of carbonyl (C=O) groups excluding carboxylic acids is 1. The predicted octanol–water partition coefficient (Wildman–Crippen LogP) is 1.58. The standard InChI is InChI=1S/C11H11FO3S/c12-9-2-1-3-10(6-9)16(14,15)7-11(13)8-4-5-8/h1-3,6,8H,4-5,7H2. The van der Waals surface area contributed by atoms with Crippen molar-refractivity contribution in [1.29, 1.82) is 0 Å². The van der Waals surface area contributed by atoms with Crippen LogP contribution in [0.1, 0.15) is 12.8 Å². The average Bonchev–Trinajstić information content (AvgIpc) is 3.00. The third kappa shape index (κ3) is 2.47. The van der Waals surface area contributed by atoms with Crippen molar-refractivity contribution in [1.82, 2.24) is 0 Å². The van der Waals surface area contributed by atoms with Gasteiger partial charge in [0.2, 0.25) is 0 Å². The Kier molecular flexibility index (Phi) is 2.80. The first kappa shape index (κ1) is 11.3. The zero-order chi connectivity index (χ0) is 11.8. The zero-order valence-electron chi connectivity index (χ0n) is 8.52. The molecule has 0 amide bonds. The van der Waals surface area contributed by atoms with E-state index in [2.05, 4.69) is 0 Å². The van der Waals surface area contributed by atoms with E-state index in [1.807, 2.05) is 0 Å². The van der Waals surface area contributed by atoms with Gasteiger partial charge in [-0.15, -0.1) is 0 Å². The number of carbonyl (C=O) groups is 1. The minimum Gasteiger partial charge on any atom is -0.298 e. The molecule has 0 radical (unpaired) electrons. The monoisotopic (exact) mass is 242 g/mol. The van der Waals surface area contributed by atoms with Crippen LogP contribution in [-0.2, 0) is 14.6 Å². The van der Waals surface area contributed by atoms with Crippen LogP contribution >= 0.6 is 0 Å². The van der Waals surface area contributed by atoms with Crippen molar-refractivity contribution < 1.29 is 17.6 Å². The van der Waals surface area contributed by atoms with Gasteiger partial charge in [0, 0.05) is 5.92 Å². The second kappa shape index (κ2) is 3.97. The lowest BCUT2D eigenvalue weighted by atomic mass is 10.3. The number of hydrogen-bond donors (Lipinski definition) is 0. The Morgan fingerprint density at radius 2 is 2.06 bits per heavy atom. The number of Topliss-reactive ketones (excluding diaryl/α,β-unsaturated/α-hetero) is 1. The number of sulfone groups is 1. The maximum atomic E-state index is 12.9. The minimum atomic E-state index is -3.68. The minimum absolute atomic E-state index is 0.0941. The van der Waals surface area contributed by atoms with Crippen LogP contribution in [0.5, 0.6) is 0 Å². The summed E-state index contributed by atoms with van der Waals surface area (Å²) in [6, 6.07) is 4.74. The van der Waals surface area contributed by atoms with E-state index in [9.17, 15) is 17.6 Å². The van der Waals surface area contributed by atoms with Crippen LogP contribution in [0.4, 0.5) is 4.39 Å². The van der Waals surface area contributed by atoms with Crippen molar-refractivity contribution >= 4 is 15.6 Å². The molecule has 0 atom stereocenters. The Morgan fingerprint density at radius 1 is 1.38 bits per heavy atom. The lowest BCUT2D eigenvalue weighted by molar-refractivity contribution is -0.117. The van der Waals surface area contributed by atoms with Gasteiger partial charge in [-0.25, -0.2) is 12.8 Å². The maximum Gasteiger partial charge on any atom is 0.185 e. The van der Waals surface area contributed by atoms with E-state index in [4.69, 9.17) is 0 Å². The fourth-order valence-electron chi connectivity index (χ4n) is 1.45. The van der Waals surface area contributed by atoms with Crippen LogP contribution in [0, 0.1) is 11.7 Å². The molecule has 1 fully saturated rings. The van der Waals surface area contributed by atoms with Crippen LogP contribution in [0.2, 0.25) is 0 Å². The molecule has 1 aliphatic rings. The summed E-state index contributed by atoms with van der Waals surface area (Å²) in [5.41, 5.74) is 0. The van der Waals surface area contributed by atoms with Gasteiger partial charge in [-0.05, 0) is 31.0 Å². The predicted molar refractivity (Wildman–Crippen MR) is 56.2 cm³/mol. The molecule has 1 aromatic carbocycles. The Labute approximate surface area is 93.2 Å². The second-order valence-electron chi connectivity index (χ2n) is 3.96. The van der Waals surface area contributed by atoms with E-state index in [1.54, 1.807) is 0 Å². The average molecular weight is 242 g/mol.